The van der Waals surface area contributed by atoms with Gasteiger partial charge < -0.3 is 28.6 Å². The van der Waals surface area contributed by atoms with Gasteiger partial charge in [0.25, 0.3) is 0 Å². The van der Waals surface area contributed by atoms with E-state index < -0.39 is 18.1 Å². The van der Waals surface area contributed by atoms with Crippen molar-refractivity contribution in [3.63, 3.8) is 0 Å². The molecule has 0 amide bonds. The molecule has 0 heterocycles. The van der Waals surface area contributed by atoms with Gasteiger partial charge in [0.1, 0.15) is 12.6 Å². The Balaban J connectivity index is 4.31. The van der Waals surface area contributed by atoms with Crippen LogP contribution in [0.1, 0.15) is 219 Å². The minimum absolute atomic E-state index is 0.0210. The number of likely N-dealkylation sites (N-methyl/N-ethyl adjacent to an activating group) is 1. The summed E-state index contributed by atoms with van der Waals surface area (Å²) in [5, 5.41) is 11.7. The number of nitrogens with zero attached hydrogens (tertiary/aromatic N) is 1. The Morgan fingerprint density at radius 1 is 0.449 bits per heavy atom. The topological polar surface area (TPSA) is 102 Å². The molecule has 0 aliphatic carbocycles. The number of rotatable bonds is 49. The number of unbranched alkanes of at least 4 members (excludes halogenated alkanes) is 19. The van der Waals surface area contributed by atoms with Crippen LogP contribution in [0.5, 0.6) is 0 Å². The lowest BCUT2D eigenvalue weighted by molar-refractivity contribution is -0.889. The van der Waals surface area contributed by atoms with Crippen molar-refractivity contribution in [2.45, 2.75) is 231 Å². The highest BCUT2D eigenvalue weighted by atomic mass is 16.6. The van der Waals surface area contributed by atoms with Gasteiger partial charge in [0.15, 0.2) is 6.10 Å². The van der Waals surface area contributed by atoms with Crippen LogP contribution in [0.25, 0.3) is 0 Å². The van der Waals surface area contributed by atoms with Crippen LogP contribution in [0.3, 0.4) is 0 Å². The van der Waals surface area contributed by atoms with Gasteiger partial charge in [-0.1, -0.05) is 201 Å². The van der Waals surface area contributed by atoms with Gasteiger partial charge >= 0.3 is 11.9 Å². The summed E-state index contributed by atoms with van der Waals surface area (Å²) in [5.74, 6) is -1.79. The minimum atomic E-state index is -1.13. The summed E-state index contributed by atoms with van der Waals surface area (Å²) in [4.78, 5) is 37.1. The van der Waals surface area contributed by atoms with E-state index in [1.54, 1.807) is 21.1 Å². The van der Waals surface area contributed by atoms with Crippen LogP contribution >= 0.6 is 0 Å². The fourth-order valence-corrected chi connectivity index (χ4v) is 7.69. The first kappa shape index (κ1) is 65.2. The third kappa shape index (κ3) is 49.0. The number of hydrogen-bond donors (Lipinski definition) is 0. The molecule has 8 heteroatoms. The largest absolute Gasteiger partial charge is 0.544 e. The number of hydrogen-bond acceptors (Lipinski definition) is 7. The molecule has 0 saturated carbocycles. The van der Waals surface area contributed by atoms with Gasteiger partial charge in [-0.15, -0.1) is 0 Å². The molecule has 0 spiro atoms. The van der Waals surface area contributed by atoms with E-state index in [0.717, 1.165) is 103 Å². The lowest BCUT2D eigenvalue weighted by Crippen LogP contribution is -2.55. The van der Waals surface area contributed by atoms with E-state index in [1.165, 1.54) is 83.5 Å². The lowest BCUT2D eigenvalue weighted by atomic mass is 10.1. The zero-order chi connectivity index (χ0) is 50.6. The number of quaternary nitrogens is 1. The van der Waals surface area contributed by atoms with Gasteiger partial charge in [0.05, 0.1) is 40.3 Å². The van der Waals surface area contributed by atoms with E-state index in [1.807, 2.05) is 0 Å². The molecule has 8 nitrogen and oxygen atoms in total. The quantitative estimate of drug-likeness (QED) is 0.0259. The van der Waals surface area contributed by atoms with Gasteiger partial charge in [-0.05, 0) is 96.3 Å². The normalized spacial score (nSPS) is 13.6. The average molecular weight is 962 g/mol. The van der Waals surface area contributed by atoms with Crippen LogP contribution in [0, 0.1) is 0 Å². The fourth-order valence-electron chi connectivity index (χ4n) is 7.69. The van der Waals surface area contributed by atoms with Crippen LogP contribution in [0.4, 0.5) is 0 Å². The predicted octanol–water partition coefficient (Wildman–Crippen LogP) is 15.3. The van der Waals surface area contributed by atoms with E-state index in [0.29, 0.717) is 12.8 Å². The van der Waals surface area contributed by atoms with Crippen molar-refractivity contribution >= 4 is 17.9 Å². The molecule has 2 atom stereocenters. The maximum atomic E-state index is 12.8. The van der Waals surface area contributed by atoms with Gasteiger partial charge in [-0.2, -0.15) is 0 Å². The lowest BCUT2D eigenvalue weighted by Gasteiger charge is -2.34. The molecule has 0 rings (SSSR count). The molecule has 0 aromatic rings. The van der Waals surface area contributed by atoms with Crippen molar-refractivity contribution in [2.75, 3.05) is 41.0 Å². The molecule has 0 radical (unpaired) electrons. The summed E-state index contributed by atoms with van der Waals surface area (Å²) in [6.07, 6.45) is 68.7. The SMILES string of the molecule is CC/C=C/C/C=C/C/C=C/C/C=C/C/C=C/C/C=C/CCCCCC(=O)OCC(COCCC(C(=O)[O-])[N+](C)(C)C)OC(=O)CCCCCCCCC/C=C/C/C=C/CCCCCCCCCCC. The van der Waals surface area contributed by atoms with E-state index in [9.17, 15) is 19.5 Å². The molecular weight excluding hydrogens is 859 g/mol. The standard InChI is InChI=1S/C61H103NO7/c1-6-8-10-12-14-16-18-20-22-24-26-28-30-32-34-36-38-40-42-44-46-48-50-52-60(64)69-57(55-67-54-53-58(61(65)66)62(3,4)5)56-68-59(63)51-49-47-45-43-41-39-37-35-33-31-29-27-25-23-21-19-17-15-13-11-9-7-2/h9,11,15,17,21,23,26-29,32-35,39,41,57-58H,6-8,10,12-14,16,18-20,22,24-25,30-31,36-38,40,42-56H2,1-5H3/b11-9+,17-15+,23-21+,28-26+,29-27+,34-32+,35-33+,41-39+. The predicted molar refractivity (Wildman–Crippen MR) is 291 cm³/mol. The fraction of sp³-hybridized carbons (Fsp3) is 0.689. The van der Waals surface area contributed by atoms with Gasteiger partial charge in [-0.3, -0.25) is 9.59 Å². The number of allylic oxidation sites excluding steroid dienone is 16. The van der Waals surface area contributed by atoms with Crippen LogP contribution in [-0.2, 0) is 28.6 Å². The number of carboxylic acid groups (broad SMARTS) is 1. The Kier molecular flexibility index (Phi) is 47.9. The Bertz CT molecular complexity index is 1450. The van der Waals surface area contributed by atoms with Crippen LogP contribution in [-0.4, -0.2) is 75.5 Å². The van der Waals surface area contributed by atoms with E-state index in [4.69, 9.17) is 14.2 Å². The molecule has 0 N–H and O–H groups in total. The van der Waals surface area contributed by atoms with E-state index >= 15 is 0 Å². The Morgan fingerprint density at radius 3 is 1.22 bits per heavy atom. The van der Waals surface area contributed by atoms with Gasteiger partial charge in [0.2, 0.25) is 0 Å². The van der Waals surface area contributed by atoms with Crippen LogP contribution in [0.15, 0.2) is 97.2 Å². The molecule has 394 valence electrons. The van der Waals surface area contributed by atoms with Crippen molar-refractivity contribution < 1.29 is 38.2 Å². The monoisotopic (exact) mass is 962 g/mol. The van der Waals surface area contributed by atoms with Crippen molar-refractivity contribution in [2.24, 2.45) is 0 Å². The molecular formula is C61H103NO7. The van der Waals surface area contributed by atoms with Gasteiger partial charge in [-0.25, -0.2) is 0 Å². The third-order valence-electron chi connectivity index (χ3n) is 12.0. The molecule has 0 fully saturated rings. The van der Waals surface area contributed by atoms with E-state index in [-0.39, 0.29) is 42.7 Å². The summed E-state index contributed by atoms with van der Waals surface area (Å²) in [5.41, 5.74) is 0. The Hall–Kier alpha value is -3.75. The molecule has 0 saturated heterocycles. The van der Waals surface area contributed by atoms with E-state index in [2.05, 4.69) is 111 Å². The number of carbonyl (C=O) groups excluding carboxylic acids is 3. The summed E-state index contributed by atoms with van der Waals surface area (Å²) >= 11 is 0. The zero-order valence-corrected chi connectivity index (χ0v) is 44.9. The van der Waals surface area contributed by atoms with Crippen LogP contribution < -0.4 is 5.11 Å². The Morgan fingerprint density at radius 2 is 0.812 bits per heavy atom. The van der Waals surface area contributed by atoms with Crippen molar-refractivity contribution in [1.29, 1.82) is 0 Å². The van der Waals surface area contributed by atoms with Crippen molar-refractivity contribution in [3.8, 4) is 0 Å². The van der Waals surface area contributed by atoms with Crippen molar-refractivity contribution in [3.05, 3.63) is 97.2 Å². The molecule has 0 bridgehead atoms. The average Bonchev–Trinajstić information content (AvgIpc) is 3.31. The molecule has 69 heavy (non-hydrogen) atoms. The highest BCUT2D eigenvalue weighted by Crippen LogP contribution is 2.14. The summed E-state index contributed by atoms with van der Waals surface area (Å²) < 4.78 is 17.2. The minimum Gasteiger partial charge on any atom is -0.544 e. The molecule has 2 unspecified atom stereocenters. The van der Waals surface area contributed by atoms with Gasteiger partial charge in [0, 0.05) is 19.3 Å². The smallest absolute Gasteiger partial charge is 0.306 e. The summed E-state index contributed by atoms with van der Waals surface area (Å²) in [6.45, 7) is 4.51. The highest BCUT2D eigenvalue weighted by molar-refractivity contribution is 5.70. The first-order valence-corrected chi connectivity index (χ1v) is 27.8. The third-order valence-corrected chi connectivity index (χ3v) is 12.0. The number of esters is 2. The van der Waals surface area contributed by atoms with Crippen molar-refractivity contribution in [1.82, 2.24) is 0 Å². The first-order valence-electron chi connectivity index (χ1n) is 27.8. The maximum Gasteiger partial charge on any atom is 0.306 e. The highest BCUT2D eigenvalue weighted by Gasteiger charge is 2.25. The van der Waals surface area contributed by atoms with Crippen LogP contribution in [0.2, 0.25) is 0 Å². The maximum absolute atomic E-state index is 12.8. The second-order valence-electron chi connectivity index (χ2n) is 19.4. The summed E-state index contributed by atoms with van der Waals surface area (Å²) in [6, 6.07) is -0.739. The molecule has 0 aromatic heterocycles. The molecule has 0 aliphatic heterocycles. The molecule has 0 aliphatic rings. The Labute approximate surface area is 424 Å². The molecule has 0 aromatic carbocycles. The number of carboxylic acids is 1. The number of aliphatic carboxylic acids is 1. The zero-order valence-electron chi connectivity index (χ0n) is 44.9. The second-order valence-corrected chi connectivity index (χ2v) is 19.4. The second kappa shape index (κ2) is 50.6. The number of carbonyl (C=O) groups is 3. The summed E-state index contributed by atoms with van der Waals surface area (Å²) in [7, 11) is 5.40. The number of ether oxygens (including phenoxy) is 3. The first-order chi connectivity index (χ1) is 33.6.